The predicted molar refractivity (Wildman–Crippen MR) is 122 cm³/mol. The van der Waals surface area contributed by atoms with Gasteiger partial charge in [0.15, 0.2) is 0 Å². The van der Waals surface area contributed by atoms with Gasteiger partial charge in [0.25, 0.3) is 0 Å². The molecule has 0 bridgehead atoms. The fourth-order valence-corrected chi connectivity index (χ4v) is 5.25. The third kappa shape index (κ3) is 4.37. The number of fused-ring (bicyclic) bond motifs is 1. The zero-order valence-corrected chi connectivity index (χ0v) is 17.5. The Bertz CT molecular complexity index is 900. The quantitative estimate of drug-likeness (QED) is 0.757. The Morgan fingerprint density at radius 3 is 2.93 bits per heavy atom. The second-order valence-corrected chi connectivity index (χ2v) is 8.94. The second-order valence-electron chi connectivity index (χ2n) is 8.16. The first kappa shape index (κ1) is 18.8. The number of nitrogens with zero attached hydrogens (tertiary/aromatic N) is 3. The van der Waals surface area contributed by atoms with E-state index in [-0.39, 0.29) is 0 Å². The van der Waals surface area contributed by atoms with Gasteiger partial charge in [-0.1, -0.05) is 42.5 Å². The van der Waals surface area contributed by atoms with Gasteiger partial charge >= 0.3 is 0 Å². The molecule has 0 amide bonds. The largest absolute Gasteiger partial charge is 0.311 e. The fraction of sp³-hybridized carbons (Fsp3) is 0.375. The Morgan fingerprint density at radius 1 is 1.14 bits per heavy atom. The molecule has 29 heavy (non-hydrogen) atoms. The number of nitrogens with one attached hydrogen (secondary N) is 1. The molecule has 0 saturated carbocycles. The molecule has 2 unspecified atom stereocenters. The van der Waals surface area contributed by atoms with Gasteiger partial charge in [0.1, 0.15) is 0 Å². The van der Waals surface area contributed by atoms with Crippen LogP contribution in [0.3, 0.4) is 0 Å². The minimum atomic E-state index is 0.398. The number of benzene rings is 1. The van der Waals surface area contributed by atoms with Crippen molar-refractivity contribution >= 4 is 23.1 Å². The standard InChI is InChI=1S/C24H28N4S/c1-2-4-19(5-3-1)16-27-11-8-23(17-27)25-10-12-28-24-14-20(22-9-13-29-18-22)6-7-21(24)15-26-28/h1-7,9,13,15,18,23-25H,8,10-12,14,16-17H2. The van der Waals surface area contributed by atoms with Crippen molar-refractivity contribution in [2.45, 2.75) is 31.5 Å². The van der Waals surface area contributed by atoms with E-state index in [0.717, 1.165) is 32.6 Å². The van der Waals surface area contributed by atoms with Gasteiger partial charge in [-0.25, -0.2) is 0 Å². The van der Waals surface area contributed by atoms with E-state index in [9.17, 15) is 0 Å². The molecule has 3 heterocycles. The molecule has 5 rings (SSSR count). The summed E-state index contributed by atoms with van der Waals surface area (Å²) in [5.74, 6) is 0. The van der Waals surface area contributed by atoms with Gasteiger partial charge in [-0.05, 0) is 51.9 Å². The van der Waals surface area contributed by atoms with Gasteiger partial charge in [0.2, 0.25) is 0 Å². The highest BCUT2D eigenvalue weighted by molar-refractivity contribution is 7.08. The van der Waals surface area contributed by atoms with Gasteiger partial charge in [0, 0.05) is 38.8 Å². The zero-order chi connectivity index (χ0) is 19.5. The maximum absolute atomic E-state index is 4.69. The van der Waals surface area contributed by atoms with Crippen LogP contribution in [0, 0.1) is 0 Å². The van der Waals surface area contributed by atoms with Crippen molar-refractivity contribution in [1.82, 2.24) is 15.2 Å². The minimum absolute atomic E-state index is 0.398. The van der Waals surface area contributed by atoms with Crippen LogP contribution in [0.1, 0.15) is 24.0 Å². The Balaban J connectivity index is 1.08. The van der Waals surface area contributed by atoms with E-state index in [1.165, 1.54) is 35.2 Å². The molecule has 4 nitrogen and oxygen atoms in total. The predicted octanol–water partition coefficient (Wildman–Crippen LogP) is 4.00. The summed E-state index contributed by atoms with van der Waals surface area (Å²) in [7, 11) is 0. The number of hydrazone groups is 1. The average molecular weight is 405 g/mol. The molecular weight excluding hydrogens is 376 g/mol. The van der Waals surface area contributed by atoms with Crippen molar-refractivity contribution in [3.05, 3.63) is 76.0 Å². The summed E-state index contributed by atoms with van der Waals surface area (Å²) in [5, 5.41) is 15.1. The Kier molecular flexibility index (Phi) is 5.61. The van der Waals surface area contributed by atoms with E-state index >= 15 is 0 Å². The molecule has 1 fully saturated rings. The van der Waals surface area contributed by atoms with Gasteiger partial charge in [0.05, 0.1) is 12.3 Å². The molecular formula is C24H28N4S. The van der Waals surface area contributed by atoms with Crippen LogP contribution < -0.4 is 5.32 Å². The number of thiophene rings is 1. The lowest BCUT2D eigenvalue weighted by atomic mass is 9.91. The molecule has 150 valence electrons. The van der Waals surface area contributed by atoms with E-state index in [0.29, 0.717) is 12.1 Å². The zero-order valence-electron chi connectivity index (χ0n) is 16.7. The van der Waals surface area contributed by atoms with E-state index in [2.05, 4.69) is 79.6 Å². The normalized spacial score (nSPS) is 23.9. The highest BCUT2D eigenvalue weighted by atomic mass is 32.1. The second kappa shape index (κ2) is 8.66. The first-order valence-corrected chi connectivity index (χ1v) is 11.5. The molecule has 1 aromatic heterocycles. The minimum Gasteiger partial charge on any atom is -0.311 e. The van der Waals surface area contributed by atoms with Gasteiger partial charge in [-0.2, -0.15) is 16.4 Å². The molecule has 1 aliphatic carbocycles. The molecule has 1 saturated heterocycles. The maximum Gasteiger partial charge on any atom is 0.0776 e. The number of allylic oxidation sites excluding steroid dienone is 2. The lowest BCUT2D eigenvalue weighted by molar-refractivity contribution is 0.247. The van der Waals surface area contributed by atoms with Gasteiger partial charge < -0.3 is 5.32 Å². The Hall–Kier alpha value is -2.21. The smallest absolute Gasteiger partial charge is 0.0776 e. The fourth-order valence-electron chi connectivity index (χ4n) is 4.57. The molecule has 2 atom stereocenters. The molecule has 2 aromatic rings. The first-order chi connectivity index (χ1) is 14.3. The summed E-state index contributed by atoms with van der Waals surface area (Å²) in [6, 6.07) is 14.0. The van der Waals surface area contributed by atoms with Crippen molar-refractivity contribution in [3.63, 3.8) is 0 Å². The molecule has 0 spiro atoms. The third-order valence-electron chi connectivity index (χ3n) is 6.18. The summed E-state index contributed by atoms with van der Waals surface area (Å²) < 4.78 is 0. The summed E-state index contributed by atoms with van der Waals surface area (Å²) in [4.78, 5) is 2.56. The summed E-state index contributed by atoms with van der Waals surface area (Å²) >= 11 is 1.77. The van der Waals surface area contributed by atoms with E-state index in [1.54, 1.807) is 11.3 Å². The van der Waals surface area contributed by atoms with Crippen LogP contribution in [0.5, 0.6) is 0 Å². The third-order valence-corrected chi connectivity index (χ3v) is 6.86. The molecule has 1 N–H and O–H groups in total. The van der Waals surface area contributed by atoms with Crippen LogP contribution >= 0.6 is 11.3 Å². The monoisotopic (exact) mass is 404 g/mol. The summed E-state index contributed by atoms with van der Waals surface area (Å²) in [5.41, 5.74) is 5.54. The Labute approximate surface area is 177 Å². The van der Waals surface area contributed by atoms with E-state index < -0.39 is 0 Å². The molecule has 5 heteroatoms. The number of likely N-dealkylation sites (tertiary alicyclic amines) is 1. The van der Waals surface area contributed by atoms with E-state index in [1.807, 2.05) is 6.21 Å². The summed E-state index contributed by atoms with van der Waals surface area (Å²) in [6.07, 6.45) is 8.84. The molecule has 2 aliphatic heterocycles. The van der Waals surface area contributed by atoms with E-state index in [4.69, 9.17) is 0 Å². The van der Waals surface area contributed by atoms with Crippen LogP contribution in [0.4, 0.5) is 0 Å². The van der Waals surface area contributed by atoms with Crippen LogP contribution in [-0.4, -0.2) is 54.4 Å². The van der Waals surface area contributed by atoms with Crippen LogP contribution in [0.25, 0.3) is 5.57 Å². The lowest BCUT2D eigenvalue weighted by Crippen LogP contribution is -2.39. The van der Waals surface area contributed by atoms with Gasteiger partial charge in [-0.15, -0.1) is 0 Å². The van der Waals surface area contributed by atoms with Crippen LogP contribution in [0.2, 0.25) is 0 Å². The topological polar surface area (TPSA) is 30.9 Å². The maximum atomic E-state index is 4.69. The van der Waals surface area contributed by atoms with Crippen molar-refractivity contribution in [2.24, 2.45) is 5.10 Å². The first-order valence-electron chi connectivity index (χ1n) is 10.6. The highest BCUT2D eigenvalue weighted by Crippen LogP contribution is 2.33. The number of rotatable bonds is 7. The Morgan fingerprint density at radius 2 is 2.07 bits per heavy atom. The number of hydrogen-bond acceptors (Lipinski definition) is 5. The van der Waals surface area contributed by atoms with Gasteiger partial charge in [-0.3, -0.25) is 9.91 Å². The molecule has 0 radical (unpaired) electrons. The van der Waals surface area contributed by atoms with Crippen LogP contribution in [-0.2, 0) is 6.54 Å². The van der Waals surface area contributed by atoms with Crippen molar-refractivity contribution in [3.8, 4) is 0 Å². The van der Waals surface area contributed by atoms with Crippen LogP contribution in [0.15, 0.2) is 70.0 Å². The molecule has 3 aliphatic rings. The summed E-state index contributed by atoms with van der Waals surface area (Å²) in [6.45, 7) is 5.33. The lowest BCUT2D eigenvalue weighted by Gasteiger charge is -2.28. The van der Waals surface area contributed by atoms with Crippen molar-refractivity contribution < 1.29 is 0 Å². The van der Waals surface area contributed by atoms with Crippen molar-refractivity contribution in [1.29, 1.82) is 0 Å². The highest BCUT2D eigenvalue weighted by Gasteiger charge is 2.29. The molecule has 1 aromatic carbocycles. The average Bonchev–Trinajstić information content (AvgIpc) is 3.50. The SMILES string of the molecule is C1=NN(CCNC2CCN(Cc3ccccc3)C2)C2CC(c3ccsc3)=CC=C12. The van der Waals surface area contributed by atoms with Crippen molar-refractivity contribution in [2.75, 3.05) is 26.2 Å². The number of hydrogen-bond donors (Lipinski definition) is 1.